The van der Waals surface area contributed by atoms with Crippen LogP contribution in [-0.4, -0.2) is 5.11 Å². The van der Waals surface area contributed by atoms with Crippen molar-refractivity contribution in [2.24, 2.45) is 0 Å². The zero-order valence-corrected chi connectivity index (χ0v) is 7.67. The molecule has 12 heavy (non-hydrogen) atoms. The molecule has 1 aromatic rings. The predicted octanol–water partition coefficient (Wildman–Crippen LogP) is 2.87. The van der Waals surface area contributed by atoms with Gasteiger partial charge in [-0.05, 0) is 24.1 Å². The van der Waals surface area contributed by atoms with Gasteiger partial charge in [0.2, 0.25) is 0 Å². The standard InChI is InChI=1S/C10H11ClO/c1-3-10(12)8-4-5-9(11)7(2)6-8/h3-6,10,12H,1H2,2H3. The minimum absolute atomic E-state index is 0.596. The van der Waals surface area contributed by atoms with Crippen LogP contribution in [-0.2, 0) is 0 Å². The smallest absolute Gasteiger partial charge is 0.0969 e. The molecule has 0 spiro atoms. The summed E-state index contributed by atoms with van der Waals surface area (Å²) in [5.41, 5.74) is 1.79. The van der Waals surface area contributed by atoms with E-state index < -0.39 is 6.10 Å². The average molecular weight is 183 g/mol. The van der Waals surface area contributed by atoms with Gasteiger partial charge in [0.15, 0.2) is 0 Å². The van der Waals surface area contributed by atoms with Gasteiger partial charge in [0.1, 0.15) is 0 Å². The number of halogens is 1. The summed E-state index contributed by atoms with van der Waals surface area (Å²) in [4.78, 5) is 0. The van der Waals surface area contributed by atoms with Gasteiger partial charge in [0.25, 0.3) is 0 Å². The van der Waals surface area contributed by atoms with Crippen LogP contribution in [0.2, 0.25) is 5.02 Å². The Balaban J connectivity index is 3.04. The third-order valence-corrected chi connectivity index (χ3v) is 2.17. The minimum Gasteiger partial charge on any atom is -0.384 e. The molecule has 0 fully saturated rings. The molecule has 0 amide bonds. The van der Waals surface area contributed by atoms with E-state index in [9.17, 15) is 5.11 Å². The molecule has 2 heteroatoms. The Labute approximate surface area is 77.3 Å². The molecule has 0 aliphatic carbocycles. The lowest BCUT2D eigenvalue weighted by atomic mass is 10.1. The molecular weight excluding hydrogens is 172 g/mol. The van der Waals surface area contributed by atoms with E-state index in [-0.39, 0.29) is 0 Å². The predicted molar refractivity (Wildman–Crippen MR) is 51.3 cm³/mol. The summed E-state index contributed by atoms with van der Waals surface area (Å²) in [6.45, 7) is 5.41. The van der Waals surface area contributed by atoms with Crippen LogP contribution >= 0.6 is 11.6 Å². The molecule has 1 rings (SSSR count). The maximum absolute atomic E-state index is 9.38. The lowest BCUT2D eigenvalue weighted by molar-refractivity contribution is 0.229. The molecule has 0 radical (unpaired) electrons. The molecule has 1 nitrogen and oxygen atoms in total. The topological polar surface area (TPSA) is 20.2 Å². The van der Waals surface area contributed by atoms with Gasteiger partial charge in [-0.2, -0.15) is 0 Å². The van der Waals surface area contributed by atoms with Crippen molar-refractivity contribution in [2.75, 3.05) is 0 Å². The summed E-state index contributed by atoms with van der Waals surface area (Å²) in [5.74, 6) is 0. The van der Waals surface area contributed by atoms with Crippen LogP contribution in [0.15, 0.2) is 30.9 Å². The van der Waals surface area contributed by atoms with Gasteiger partial charge in [-0.3, -0.25) is 0 Å². The fraction of sp³-hybridized carbons (Fsp3) is 0.200. The monoisotopic (exact) mass is 182 g/mol. The van der Waals surface area contributed by atoms with Gasteiger partial charge in [0, 0.05) is 5.02 Å². The van der Waals surface area contributed by atoms with E-state index in [2.05, 4.69) is 6.58 Å². The number of aliphatic hydroxyl groups excluding tert-OH is 1. The Morgan fingerprint density at radius 1 is 1.58 bits per heavy atom. The number of aryl methyl sites for hydroxylation is 1. The van der Waals surface area contributed by atoms with Crippen molar-refractivity contribution >= 4 is 11.6 Å². The first-order valence-corrected chi connectivity index (χ1v) is 4.09. The number of hydrogen-bond acceptors (Lipinski definition) is 1. The van der Waals surface area contributed by atoms with Crippen molar-refractivity contribution in [3.63, 3.8) is 0 Å². The second-order valence-corrected chi connectivity index (χ2v) is 3.10. The van der Waals surface area contributed by atoms with Gasteiger partial charge in [-0.1, -0.05) is 29.8 Å². The van der Waals surface area contributed by atoms with Crippen molar-refractivity contribution in [3.05, 3.63) is 47.0 Å². The molecule has 0 saturated heterocycles. The van der Waals surface area contributed by atoms with E-state index in [1.165, 1.54) is 6.08 Å². The van der Waals surface area contributed by atoms with Crippen molar-refractivity contribution in [1.29, 1.82) is 0 Å². The van der Waals surface area contributed by atoms with Crippen LogP contribution < -0.4 is 0 Å². The normalized spacial score (nSPS) is 12.6. The second-order valence-electron chi connectivity index (χ2n) is 2.69. The highest BCUT2D eigenvalue weighted by atomic mass is 35.5. The van der Waals surface area contributed by atoms with Gasteiger partial charge in [-0.15, -0.1) is 6.58 Å². The zero-order valence-electron chi connectivity index (χ0n) is 6.92. The molecule has 1 N–H and O–H groups in total. The van der Waals surface area contributed by atoms with Crippen LogP contribution in [0.5, 0.6) is 0 Å². The summed E-state index contributed by atoms with van der Waals surface area (Å²) >= 11 is 5.82. The third-order valence-electron chi connectivity index (χ3n) is 1.75. The second kappa shape index (κ2) is 3.74. The van der Waals surface area contributed by atoms with E-state index in [0.29, 0.717) is 0 Å². The lowest BCUT2D eigenvalue weighted by Gasteiger charge is -2.06. The largest absolute Gasteiger partial charge is 0.384 e. The molecule has 0 heterocycles. The molecule has 0 aliphatic heterocycles. The minimum atomic E-state index is -0.596. The Bertz CT molecular complexity index is 294. The summed E-state index contributed by atoms with van der Waals surface area (Å²) in [7, 11) is 0. The first-order valence-electron chi connectivity index (χ1n) is 3.72. The highest BCUT2D eigenvalue weighted by Crippen LogP contribution is 2.20. The Morgan fingerprint density at radius 2 is 2.25 bits per heavy atom. The highest BCUT2D eigenvalue weighted by molar-refractivity contribution is 6.31. The first-order chi connectivity index (χ1) is 5.65. The van der Waals surface area contributed by atoms with Crippen molar-refractivity contribution in [3.8, 4) is 0 Å². The van der Waals surface area contributed by atoms with Crippen LogP contribution in [0.25, 0.3) is 0 Å². The van der Waals surface area contributed by atoms with E-state index in [1.54, 1.807) is 12.1 Å². The van der Waals surface area contributed by atoms with E-state index in [1.807, 2.05) is 13.0 Å². The molecule has 1 aromatic carbocycles. The van der Waals surface area contributed by atoms with Crippen LogP contribution in [0.1, 0.15) is 17.2 Å². The van der Waals surface area contributed by atoms with E-state index in [0.717, 1.165) is 16.1 Å². The number of hydrogen-bond donors (Lipinski definition) is 1. The molecule has 1 atom stereocenters. The molecule has 64 valence electrons. The van der Waals surface area contributed by atoms with Crippen LogP contribution in [0, 0.1) is 6.92 Å². The fourth-order valence-corrected chi connectivity index (χ4v) is 1.11. The summed E-state index contributed by atoms with van der Waals surface area (Å²) in [5, 5.41) is 10.1. The maximum Gasteiger partial charge on any atom is 0.0969 e. The summed E-state index contributed by atoms with van der Waals surface area (Å²) in [6, 6.07) is 5.43. The summed E-state index contributed by atoms with van der Waals surface area (Å²) < 4.78 is 0. The number of benzene rings is 1. The third kappa shape index (κ3) is 1.87. The maximum atomic E-state index is 9.38. The molecular formula is C10H11ClO. The van der Waals surface area contributed by atoms with E-state index in [4.69, 9.17) is 11.6 Å². The highest BCUT2D eigenvalue weighted by Gasteiger charge is 2.03. The zero-order chi connectivity index (χ0) is 9.14. The number of aliphatic hydroxyl groups is 1. The van der Waals surface area contributed by atoms with Gasteiger partial charge < -0.3 is 5.11 Å². The average Bonchev–Trinajstić information content (AvgIpc) is 2.08. The SMILES string of the molecule is C=CC(O)c1ccc(Cl)c(C)c1. The Morgan fingerprint density at radius 3 is 2.75 bits per heavy atom. The Kier molecular flexibility index (Phi) is 2.90. The van der Waals surface area contributed by atoms with Gasteiger partial charge in [-0.25, -0.2) is 0 Å². The van der Waals surface area contributed by atoms with Crippen molar-refractivity contribution in [2.45, 2.75) is 13.0 Å². The molecule has 0 bridgehead atoms. The first kappa shape index (κ1) is 9.30. The van der Waals surface area contributed by atoms with Crippen LogP contribution in [0.4, 0.5) is 0 Å². The quantitative estimate of drug-likeness (QED) is 0.698. The van der Waals surface area contributed by atoms with Crippen LogP contribution in [0.3, 0.4) is 0 Å². The van der Waals surface area contributed by atoms with Crippen molar-refractivity contribution < 1.29 is 5.11 Å². The molecule has 0 saturated carbocycles. The van der Waals surface area contributed by atoms with Gasteiger partial charge in [0.05, 0.1) is 6.10 Å². The molecule has 0 aromatic heterocycles. The van der Waals surface area contributed by atoms with Crippen molar-refractivity contribution in [1.82, 2.24) is 0 Å². The van der Waals surface area contributed by atoms with Gasteiger partial charge >= 0.3 is 0 Å². The molecule has 0 aliphatic rings. The molecule has 1 unspecified atom stereocenters. The number of rotatable bonds is 2. The lowest BCUT2D eigenvalue weighted by Crippen LogP contribution is -1.92. The Hall–Kier alpha value is -0.790. The fourth-order valence-electron chi connectivity index (χ4n) is 0.988. The summed E-state index contributed by atoms with van der Waals surface area (Å²) in [6.07, 6.45) is 0.892. The van der Waals surface area contributed by atoms with E-state index >= 15 is 0 Å².